The van der Waals surface area contributed by atoms with Crippen LogP contribution in [0.5, 0.6) is 0 Å². The van der Waals surface area contributed by atoms with Crippen molar-refractivity contribution in [2.75, 3.05) is 26.8 Å². The maximum atomic E-state index is 9.51. The van der Waals surface area contributed by atoms with E-state index in [0.717, 1.165) is 59.5 Å². The lowest BCUT2D eigenvalue weighted by molar-refractivity contribution is -0.276. The molecule has 3 aromatic rings. The lowest BCUT2D eigenvalue weighted by Crippen LogP contribution is -2.46. The first kappa shape index (κ1) is 27.0. The van der Waals surface area contributed by atoms with E-state index in [0.29, 0.717) is 12.6 Å². The summed E-state index contributed by atoms with van der Waals surface area (Å²) in [5.74, 6) is 0.160. The van der Waals surface area contributed by atoms with Crippen LogP contribution < -0.4 is 5.73 Å². The highest BCUT2D eigenvalue weighted by atomic mass is 16.7. The molecule has 0 saturated carbocycles. The molecule has 202 valence electrons. The van der Waals surface area contributed by atoms with Crippen LogP contribution in [-0.2, 0) is 27.4 Å². The van der Waals surface area contributed by atoms with Gasteiger partial charge in [0, 0.05) is 37.7 Å². The van der Waals surface area contributed by atoms with Gasteiger partial charge in [0.25, 0.3) is 0 Å². The van der Waals surface area contributed by atoms with Crippen LogP contribution >= 0.6 is 0 Å². The zero-order valence-electron chi connectivity index (χ0n) is 22.5. The number of benzene rings is 3. The predicted octanol–water partition coefficient (Wildman–Crippen LogP) is 5.21. The molecule has 6 heteroatoms. The van der Waals surface area contributed by atoms with Crippen molar-refractivity contribution in [3.05, 3.63) is 95.1 Å². The fraction of sp³-hybridized carbons (Fsp3) is 0.438. The lowest BCUT2D eigenvalue weighted by atomic mass is 9.89. The molecular weight excluding hydrogens is 476 g/mol. The molecule has 3 aromatic carbocycles. The van der Waals surface area contributed by atoms with Gasteiger partial charge in [-0.1, -0.05) is 73.7 Å². The van der Waals surface area contributed by atoms with E-state index in [1.165, 1.54) is 6.42 Å². The Morgan fingerprint density at radius 2 is 1.71 bits per heavy atom. The molecule has 0 bridgehead atoms. The third kappa shape index (κ3) is 6.01. The molecule has 5 rings (SSSR count). The van der Waals surface area contributed by atoms with Crippen molar-refractivity contribution in [3.63, 3.8) is 0 Å². The Morgan fingerprint density at radius 1 is 0.947 bits per heavy atom. The minimum absolute atomic E-state index is 0.00892. The molecule has 2 aliphatic rings. The molecule has 0 aliphatic carbocycles. The van der Waals surface area contributed by atoms with Crippen LogP contribution in [0.1, 0.15) is 54.4 Å². The molecule has 0 aromatic heterocycles. The fourth-order valence-corrected chi connectivity index (χ4v) is 5.79. The van der Waals surface area contributed by atoms with Crippen molar-refractivity contribution in [2.45, 2.75) is 57.5 Å². The summed E-state index contributed by atoms with van der Waals surface area (Å²) in [6.07, 6.45) is 1.78. The normalized spacial score (nSPS) is 26.1. The number of aliphatic hydroxyl groups excluding tert-OH is 1. The molecule has 38 heavy (non-hydrogen) atoms. The summed E-state index contributed by atoms with van der Waals surface area (Å²) in [5.41, 5.74) is 12.3. The van der Waals surface area contributed by atoms with Gasteiger partial charge < -0.3 is 25.1 Å². The second-order valence-corrected chi connectivity index (χ2v) is 10.6. The van der Waals surface area contributed by atoms with Crippen LogP contribution in [0.4, 0.5) is 0 Å². The molecule has 2 saturated heterocycles. The Labute approximate surface area is 226 Å². The number of nitrogens with zero attached hydrogens (tertiary/aromatic N) is 1. The van der Waals surface area contributed by atoms with Gasteiger partial charge in [-0.15, -0.1) is 0 Å². The Morgan fingerprint density at radius 3 is 2.42 bits per heavy atom. The summed E-state index contributed by atoms with van der Waals surface area (Å²) in [6.45, 7) is 5.45. The van der Waals surface area contributed by atoms with E-state index in [2.05, 4.69) is 60.4 Å². The van der Waals surface area contributed by atoms with Gasteiger partial charge in [0.1, 0.15) is 0 Å². The van der Waals surface area contributed by atoms with Crippen LogP contribution in [0.2, 0.25) is 0 Å². The third-order valence-electron chi connectivity index (χ3n) is 8.07. The van der Waals surface area contributed by atoms with Crippen LogP contribution in [0.25, 0.3) is 11.1 Å². The number of nitrogens with two attached hydrogens (primary N) is 1. The van der Waals surface area contributed by atoms with Gasteiger partial charge in [-0.2, -0.15) is 0 Å². The minimum atomic E-state index is -0.466. The Hall–Kier alpha value is -2.58. The van der Waals surface area contributed by atoms with E-state index in [9.17, 15) is 5.11 Å². The average Bonchev–Trinajstić information content (AvgIpc) is 3.41. The van der Waals surface area contributed by atoms with Gasteiger partial charge in [0.05, 0.1) is 25.4 Å². The molecule has 3 N–H and O–H groups in total. The predicted molar refractivity (Wildman–Crippen MR) is 149 cm³/mol. The van der Waals surface area contributed by atoms with Crippen LogP contribution in [-0.4, -0.2) is 49.0 Å². The van der Waals surface area contributed by atoms with E-state index < -0.39 is 6.29 Å². The van der Waals surface area contributed by atoms with E-state index >= 15 is 0 Å². The van der Waals surface area contributed by atoms with Gasteiger partial charge in [0.15, 0.2) is 6.29 Å². The highest BCUT2D eigenvalue weighted by Crippen LogP contribution is 2.42. The van der Waals surface area contributed by atoms with Crippen molar-refractivity contribution in [1.29, 1.82) is 0 Å². The lowest BCUT2D eigenvalue weighted by Gasteiger charge is -2.43. The number of hydrogen-bond acceptors (Lipinski definition) is 6. The summed E-state index contributed by atoms with van der Waals surface area (Å²) in [6, 6.07) is 25.4. The SMILES string of the molecule is COC[C@@H]1CCCN1C[C@@H]1O[C@H](c2ccc(-c3cccc(CN)c3)cc2)O[C@H](c2ccc(CO)cc2)[C@@H]1C. The van der Waals surface area contributed by atoms with Crippen molar-refractivity contribution < 1.29 is 19.3 Å². The zero-order chi connectivity index (χ0) is 26.5. The number of likely N-dealkylation sites (tertiary alicyclic amines) is 1. The smallest absolute Gasteiger partial charge is 0.184 e. The van der Waals surface area contributed by atoms with E-state index in [1.54, 1.807) is 7.11 Å². The van der Waals surface area contributed by atoms with Crippen molar-refractivity contribution in [2.24, 2.45) is 11.7 Å². The summed E-state index contributed by atoms with van der Waals surface area (Å²) in [7, 11) is 1.78. The Bertz CT molecular complexity index is 1170. The zero-order valence-corrected chi connectivity index (χ0v) is 22.5. The summed E-state index contributed by atoms with van der Waals surface area (Å²) in [4.78, 5) is 2.52. The van der Waals surface area contributed by atoms with Crippen LogP contribution in [0, 0.1) is 5.92 Å². The molecule has 6 nitrogen and oxygen atoms in total. The number of aliphatic hydroxyl groups is 1. The highest BCUT2D eigenvalue weighted by Gasteiger charge is 2.40. The molecule has 0 amide bonds. The summed E-state index contributed by atoms with van der Waals surface area (Å²) >= 11 is 0. The second kappa shape index (κ2) is 12.5. The quantitative estimate of drug-likeness (QED) is 0.407. The monoisotopic (exact) mass is 516 g/mol. The maximum absolute atomic E-state index is 9.51. The first-order chi connectivity index (χ1) is 18.6. The molecule has 2 fully saturated rings. The standard InChI is InChI=1S/C32H40N2O4/c1-22-30(19-34-16-4-7-29(34)21-36-2)37-32(38-31(22)26-10-8-23(20-35)9-11-26)27-14-12-25(13-15-27)28-6-3-5-24(17-28)18-33/h3,5-6,8-15,17,22,29-32,35H,4,7,16,18-21,33H2,1-2H3/t22-,29+,30+,31+,32+/m1/s1. The molecular formula is C32H40N2O4. The van der Waals surface area contributed by atoms with E-state index in [-0.39, 0.29) is 24.7 Å². The van der Waals surface area contributed by atoms with Crippen molar-refractivity contribution in [1.82, 2.24) is 4.90 Å². The number of rotatable bonds is 9. The summed E-state index contributed by atoms with van der Waals surface area (Å²) in [5, 5.41) is 9.51. The average molecular weight is 517 g/mol. The Kier molecular flexibility index (Phi) is 8.89. The highest BCUT2D eigenvalue weighted by molar-refractivity contribution is 5.64. The minimum Gasteiger partial charge on any atom is -0.392 e. The van der Waals surface area contributed by atoms with Crippen LogP contribution in [0.3, 0.4) is 0 Å². The molecule has 0 spiro atoms. The van der Waals surface area contributed by atoms with Gasteiger partial charge >= 0.3 is 0 Å². The first-order valence-corrected chi connectivity index (χ1v) is 13.7. The first-order valence-electron chi connectivity index (χ1n) is 13.7. The van der Waals surface area contributed by atoms with Crippen molar-refractivity contribution >= 4 is 0 Å². The second-order valence-electron chi connectivity index (χ2n) is 10.6. The molecule has 2 heterocycles. The maximum Gasteiger partial charge on any atom is 0.184 e. The van der Waals surface area contributed by atoms with Gasteiger partial charge in [-0.3, -0.25) is 4.90 Å². The number of hydrogen-bond donors (Lipinski definition) is 2. The molecule has 2 aliphatic heterocycles. The Balaban J connectivity index is 1.40. The largest absolute Gasteiger partial charge is 0.392 e. The van der Waals surface area contributed by atoms with Gasteiger partial charge in [0.2, 0.25) is 0 Å². The fourth-order valence-electron chi connectivity index (χ4n) is 5.79. The van der Waals surface area contributed by atoms with Crippen LogP contribution in [0.15, 0.2) is 72.8 Å². The van der Waals surface area contributed by atoms with E-state index in [1.807, 2.05) is 24.3 Å². The number of methoxy groups -OCH3 is 1. The topological polar surface area (TPSA) is 77.2 Å². The number of ether oxygens (including phenoxy) is 3. The molecule has 5 atom stereocenters. The van der Waals surface area contributed by atoms with E-state index in [4.69, 9.17) is 19.9 Å². The van der Waals surface area contributed by atoms with Gasteiger partial charge in [-0.25, -0.2) is 0 Å². The molecule has 0 unspecified atom stereocenters. The summed E-state index contributed by atoms with van der Waals surface area (Å²) < 4.78 is 18.8. The van der Waals surface area contributed by atoms with Gasteiger partial charge in [-0.05, 0) is 53.3 Å². The van der Waals surface area contributed by atoms with Crippen molar-refractivity contribution in [3.8, 4) is 11.1 Å². The third-order valence-corrected chi connectivity index (χ3v) is 8.07. The molecule has 0 radical (unpaired) electrons.